The van der Waals surface area contributed by atoms with Crippen LogP contribution < -0.4 is 5.32 Å². The van der Waals surface area contributed by atoms with E-state index in [2.05, 4.69) is 41.3 Å². The van der Waals surface area contributed by atoms with Crippen LogP contribution >= 0.6 is 0 Å². The van der Waals surface area contributed by atoms with Gasteiger partial charge >= 0.3 is 0 Å². The number of nitrogens with zero attached hydrogens (tertiary/aromatic N) is 5. The average molecular weight is 326 g/mol. The van der Waals surface area contributed by atoms with Gasteiger partial charge in [-0.2, -0.15) is 15.2 Å². The van der Waals surface area contributed by atoms with Crippen LogP contribution in [0, 0.1) is 12.3 Å². The number of fused-ring (bicyclic) bond motifs is 1. The second-order valence-electron chi connectivity index (χ2n) is 7.41. The molecule has 0 fully saturated rings. The van der Waals surface area contributed by atoms with E-state index < -0.39 is 0 Å². The molecule has 24 heavy (non-hydrogen) atoms. The van der Waals surface area contributed by atoms with Gasteiger partial charge in [-0.1, -0.05) is 13.8 Å². The van der Waals surface area contributed by atoms with Crippen LogP contribution in [-0.4, -0.2) is 30.3 Å². The summed E-state index contributed by atoms with van der Waals surface area (Å²) in [6.07, 6.45) is 4.94. The molecule has 7 nitrogen and oxygen atoms in total. The molecule has 7 heteroatoms. The summed E-state index contributed by atoms with van der Waals surface area (Å²) in [4.78, 5) is 17.3. The van der Waals surface area contributed by atoms with Gasteiger partial charge in [0.2, 0.25) is 5.95 Å². The highest BCUT2D eigenvalue weighted by molar-refractivity contribution is 6.00. The van der Waals surface area contributed by atoms with Crippen molar-refractivity contribution in [3.63, 3.8) is 0 Å². The maximum absolute atomic E-state index is 13.0. The number of nitrogens with one attached hydrogen (secondary N) is 1. The van der Waals surface area contributed by atoms with E-state index in [1.54, 1.807) is 4.68 Å². The van der Waals surface area contributed by atoms with Crippen molar-refractivity contribution in [2.45, 2.75) is 53.1 Å². The lowest BCUT2D eigenvalue weighted by atomic mass is 9.73. The van der Waals surface area contributed by atoms with Gasteiger partial charge in [-0.3, -0.25) is 9.48 Å². The van der Waals surface area contributed by atoms with Gasteiger partial charge in [0, 0.05) is 36.0 Å². The topological polar surface area (TPSA) is 77.6 Å². The molecule has 4 rings (SSSR count). The van der Waals surface area contributed by atoms with Gasteiger partial charge in [-0.15, -0.1) is 0 Å². The lowest BCUT2D eigenvalue weighted by Crippen LogP contribution is -2.36. The third kappa shape index (κ3) is 2.18. The standard InChI is InChI=1S/C17H22N6O/c1-5-22-8-11(10(2)21-22)15-14-12(6-17(3,4)7-13(14)24)20-16-18-9-19-23(15)16/h8-9,15H,5-7H2,1-4H3,(H,18,19,20)/t15-/m0/s1. The van der Waals surface area contributed by atoms with Crippen molar-refractivity contribution >= 4 is 11.7 Å². The molecule has 0 saturated heterocycles. The zero-order valence-electron chi connectivity index (χ0n) is 14.5. The van der Waals surface area contributed by atoms with Crippen molar-refractivity contribution < 1.29 is 4.79 Å². The first kappa shape index (κ1) is 15.1. The lowest BCUT2D eigenvalue weighted by Gasteiger charge is -2.38. The lowest BCUT2D eigenvalue weighted by molar-refractivity contribution is -0.118. The molecule has 2 aromatic rings. The second-order valence-corrected chi connectivity index (χ2v) is 7.41. The van der Waals surface area contributed by atoms with Crippen LogP contribution in [0.1, 0.15) is 50.9 Å². The fourth-order valence-corrected chi connectivity index (χ4v) is 3.80. The summed E-state index contributed by atoms with van der Waals surface area (Å²) in [5.41, 5.74) is 3.69. The Balaban J connectivity index is 1.91. The fourth-order valence-electron chi connectivity index (χ4n) is 3.80. The number of anilines is 1. The zero-order valence-corrected chi connectivity index (χ0v) is 14.5. The number of Topliss-reactive ketones (excluding diaryl/α,β-unsaturated/α-hetero) is 1. The number of aryl methyl sites for hydroxylation is 2. The first-order chi connectivity index (χ1) is 11.4. The smallest absolute Gasteiger partial charge is 0.226 e. The van der Waals surface area contributed by atoms with Crippen LogP contribution in [0.25, 0.3) is 0 Å². The molecular formula is C17H22N6O. The number of hydrogen-bond acceptors (Lipinski definition) is 5. The highest BCUT2D eigenvalue weighted by atomic mass is 16.1. The average Bonchev–Trinajstić information content (AvgIpc) is 3.09. The molecule has 3 heterocycles. The third-order valence-corrected chi connectivity index (χ3v) is 4.88. The Morgan fingerprint density at radius 3 is 2.88 bits per heavy atom. The third-order valence-electron chi connectivity index (χ3n) is 4.88. The summed E-state index contributed by atoms with van der Waals surface area (Å²) in [6, 6.07) is -0.248. The number of allylic oxidation sites excluding steroid dienone is 2. The molecule has 0 unspecified atom stereocenters. The number of hydrogen-bond donors (Lipinski definition) is 1. The van der Waals surface area contributed by atoms with Gasteiger partial charge in [0.05, 0.1) is 5.69 Å². The van der Waals surface area contributed by atoms with E-state index >= 15 is 0 Å². The molecule has 1 aliphatic heterocycles. The molecule has 0 amide bonds. The molecule has 0 saturated carbocycles. The Morgan fingerprint density at radius 1 is 1.38 bits per heavy atom. The van der Waals surface area contributed by atoms with Crippen molar-refractivity contribution in [1.29, 1.82) is 0 Å². The van der Waals surface area contributed by atoms with Crippen LogP contribution in [0.2, 0.25) is 0 Å². The van der Waals surface area contributed by atoms with Crippen LogP contribution in [0.3, 0.4) is 0 Å². The highest BCUT2D eigenvalue weighted by Crippen LogP contribution is 2.45. The van der Waals surface area contributed by atoms with Gasteiger partial charge in [0.1, 0.15) is 12.4 Å². The molecule has 0 spiro atoms. The zero-order chi connectivity index (χ0) is 17.1. The molecule has 1 N–H and O–H groups in total. The van der Waals surface area contributed by atoms with E-state index in [1.807, 2.05) is 17.8 Å². The normalized spacial score (nSPS) is 22.2. The summed E-state index contributed by atoms with van der Waals surface area (Å²) >= 11 is 0. The van der Waals surface area contributed by atoms with Gasteiger partial charge in [-0.25, -0.2) is 4.68 Å². The molecule has 2 aromatic heterocycles. The number of carbonyl (C=O) groups is 1. The maximum Gasteiger partial charge on any atom is 0.226 e. The van der Waals surface area contributed by atoms with E-state index in [9.17, 15) is 4.79 Å². The maximum atomic E-state index is 13.0. The minimum absolute atomic E-state index is 0.0434. The largest absolute Gasteiger partial charge is 0.328 e. The van der Waals surface area contributed by atoms with E-state index in [0.717, 1.165) is 35.5 Å². The molecule has 0 aromatic carbocycles. The molecular weight excluding hydrogens is 304 g/mol. The first-order valence-electron chi connectivity index (χ1n) is 8.36. The summed E-state index contributed by atoms with van der Waals surface area (Å²) in [5.74, 6) is 0.872. The Kier molecular flexibility index (Phi) is 3.16. The number of ketones is 1. The number of rotatable bonds is 2. The number of carbonyl (C=O) groups excluding carboxylic acids is 1. The van der Waals surface area contributed by atoms with Crippen LogP contribution in [0.15, 0.2) is 23.8 Å². The van der Waals surface area contributed by atoms with Gasteiger partial charge in [0.25, 0.3) is 0 Å². The van der Waals surface area contributed by atoms with E-state index in [0.29, 0.717) is 12.4 Å². The predicted octanol–water partition coefficient (Wildman–Crippen LogP) is 2.46. The van der Waals surface area contributed by atoms with Crippen LogP contribution in [-0.2, 0) is 11.3 Å². The molecule has 0 bridgehead atoms. The highest BCUT2D eigenvalue weighted by Gasteiger charge is 2.42. The molecule has 0 radical (unpaired) electrons. The predicted molar refractivity (Wildman–Crippen MR) is 89.5 cm³/mol. The van der Waals surface area contributed by atoms with Crippen molar-refractivity contribution in [1.82, 2.24) is 24.5 Å². The quantitative estimate of drug-likeness (QED) is 0.917. The van der Waals surface area contributed by atoms with E-state index in [-0.39, 0.29) is 17.2 Å². The summed E-state index contributed by atoms with van der Waals surface area (Å²) in [5, 5.41) is 12.3. The SMILES string of the molecule is CCn1cc([C@H]2C3=C(CC(C)(C)CC3=O)Nc3ncnn32)c(C)n1. The van der Waals surface area contributed by atoms with Gasteiger partial charge in [0.15, 0.2) is 5.78 Å². The van der Waals surface area contributed by atoms with Crippen molar-refractivity contribution in [2.75, 3.05) is 5.32 Å². The van der Waals surface area contributed by atoms with Crippen molar-refractivity contribution in [3.8, 4) is 0 Å². The molecule has 1 aliphatic carbocycles. The Morgan fingerprint density at radius 2 is 2.17 bits per heavy atom. The van der Waals surface area contributed by atoms with Crippen molar-refractivity contribution in [2.24, 2.45) is 5.41 Å². The first-order valence-corrected chi connectivity index (χ1v) is 8.36. The number of aromatic nitrogens is 5. The minimum atomic E-state index is -0.248. The fraction of sp³-hybridized carbons (Fsp3) is 0.529. The Bertz CT molecular complexity index is 856. The minimum Gasteiger partial charge on any atom is -0.328 e. The monoisotopic (exact) mass is 326 g/mol. The summed E-state index contributed by atoms with van der Waals surface area (Å²) in [7, 11) is 0. The van der Waals surface area contributed by atoms with Gasteiger partial charge in [-0.05, 0) is 25.7 Å². The van der Waals surface area contributed by atoms with E-state index in [1.165, 1.54) is 6.33 Å². The molecule has 126 valence electrons. The van der Waals surface area contributed by atoms with E-state index in [4.69, 9.17) is 0 Å². The summed E-state index contributed by atoms with van der Waals surface area (Å²) in [6.45, 7) is 9.09. The van der Waals surface area contributed by atoms with Crippen LogP contribution in [0.4, 0.5) is 5.95 Å². The van der Waals surface area contributed by atoms with Crippen molar-refractivity contribution in [3.05, 3.63) is 35.1 Å². The Hall–Kier alpha value is -2.44. The van der Waals surface area contributed by atoms with Gasteiger partial charge < -0.3 is 5.32 Å². The van der Waals surface area contributed by atoms with Crippen LogP contribution in [0.5, 0.6) is 0 Å². The molecule has 2 aliphatic rings. The summed E-state index contributed by atoms with van der Waals surface area (Å²) < 4.78 is 3.71. The Labute approximate surface area is 140 Å². The second kappa shape index (κ2) is 5.03. The molecule has 1 atom stereocenters.